The number of esters is 1. The quantitative estimate of drug-likeness (QED) is 0.405. The molecule has 2 heterocycles. The molecule has 10 nitrogen and oxygen atoms in total. The number of ether oxygens (including phenoxy) is 3. The maximum Gasteiger partial charge on any atom is 0.366 e. The summed E-state index contributed by atoms with van der Waals surface area (Å²) in [7, 11) is 1.47. The van der Waals surface area contributed by atoms with Crippen LogP contribution in [0.5, 0.6) is 5.75 Å². The number of carbonyl (C=O) groups excluding carboxylic acids is 2. The van der Waals surface area contributed by atoms with Crippen molar-refractivity contribution in [3.8, 4) is 5.75 Å². The van der Waals surface area contributed by atoms with Crippen LogP contribution in [0, 0.1) is 10.1 Å². The molecule has 0 N–H and O–H groups in total. The summed E-state index contributed by atoms with van der Waals surface area (Å²) in [5.41, 5.74) is 0. The zero-order chi connectivity index (χ0) is 18.6. The van der Waals surface area contributed by atoms with Gasteiger partial charge in [0.1, 0.15) is 12.6 Å². The van der Waals surface area contributed by atoms with Crippen LogP contribution in [0.3, 0.4) is 0 Å². The predicted octanol–water partition coefficient (Wildman–Crippen LogP) is 1.07. The number of nitrogens with zero attached hydrogens (tertiary/aromatic N) is 3. The molecule has 0 fully saturated rings. The number of rotatable bonds is 7. The largest absolute Gasteiger partial charge is 0.474 e. The second kappa shape index (κ2) is 7.88. The highest BCUT2D eigenvalue weighted by molar-refractivity contribution is 6.02. The van der Waals surface area contributed by atoms with Gasteiger partial charge in [0.15, 0.2) is 11.9 Å². The van der Waals surface area contributed by atoms with Crippen LogP contribution in [0.2, 0.25) is 0 Å². The molecule has 1 aliphatic heterocycles. The van der Waals surface area contributed by atoms with Crippen molar-refractivity contribution in [1.29, 1.82) is 0 Å². The SMILES string of the molecule is CCC1Oc2ccc([N+](=O)[O-])nc2N(CC(=O)OC(C)COC)C1=O. The van der Waals surface area contributed by atoms with Crippen LogP contribution in [-0.4, -0.2) is 54.3 Å². The van der Waals surface area contributed by atoms with E-state index in [1.54, 1.807) is 13.8 Å². The highest BCUT2D eigenvalue weighted by Gasteiger charge is 2.39. The van der Waals surface area contributed by atoms with Gasteiger partial charge in [-0.2, -0.15) is 0 Å². The number of methoxy groups -OCH3 is 1. The number of nitro groups is 1. The average molecular weight is 353 g/mol. The molecule has 0 bridgehead atoms. The molecular formula is C15H19N3O7. The van der Waals surface area contributed by atoms with E-state index in [4.69, 9.17) is 14.2 Å². The van der Waals surface area contributed by atoms with Crippen molar-refractivity contribution in [3.05, 3.63) is 22.2 Å². The van der Waals surface area contributed by atoms with Crippen molar-refractivity contribution in [1.82, 2.24) is 4.98 Å². The Morgan fingerprint density at radius 1 is 1.52 bits per heavy atom. The van der Waals surface area contributed by atoms with Gasteiger partial charge in [0.05, 0.1) is 6.61 Å². The summed E-state index contributed by atoms with van der Waals surface area (Å²) >= 11 is 0. The Kier molecular flexibility index (Phi) is 5.86. The first-order valence-electron chi connectivity index (χ1n) is 7.69. The molecule has 2 atom stereocenters. The fraction of sp³-hybridized carbons (Fsp3) is 0.533. The van der Waals surface area contributed by atoms with Gasteiger partial charge in [0.25, 0.3) is 11.7 Å². The van der Waals surface area contributed by atoms with Crippen LogP contribution >= 0.6 is 0 Å². The van der Waals surface area contributed by atoms with Gasteiger partial charge >= 0.3 is 11.8 Å². The first-order chi connectivity index (χ1) is 11.9. The predicted molar refractivity (Wildman–Crippen MR) is 85.4 cm³/mol. The summed E-state index contributed by atoms with van der Waals surface area (Å²) < 4.78 is 15.5. The molecule has 25 heavy (non-hydrogen) atoms. The maximum absolute atomic E-state index is 12.5. The van der Waals surface area contributed by atoms with Gasteiger partial charge in [-0.05, 0) is 29.3 Å². The molecule has 1 aliphatic rings. The number of fused-ring (bicyclic) bond motifs is 1. The molecule has 0 spiro atoms. The van der Waals surface area contributed by atoms with Crippen molar-refractivity contribution >= 4 is 23.5 Å². The summed E-state index contributed by atoms with van der Waals surface area (Å²) in [4.78, 5) is 39.7. The minimum atomic E-state index is -0.792. The maximum atomic E-state index is 12.5. The van der Waals surface area contributed by atoms with Gasteiger partial charge < -0.3 is 24.3 Å². The second-order valence-corrected chi connectivity index (χ2v) is 5.44. The highest BCUT2D eigenvalue weighted by Crippen LogP contribution is 2.34. The van der Waals surface area contributed by atoms with E-state index >= 15 is 0 Å². The molecule has 0 radical (unpaired) electrons. The average Bonchev–Trinajstić information content (AvgIpc) is 2.56. The summed E-state index contributed by atoms with van der Waals surface area (Å²) in [5, 5.41) is 10.9. The normalized spacial score (nSPS) is 17.5. The van der Waals surface area contributed by atoms with Crippen LogP contribution in [0.15, 0.2) is 12.1 Å². The first-order valence-corrected chi connectivity index (χ1v) is 7.69. The molecule has 1 aromatic rings. The van der Waals surface area contributed by atoms with Crippen LogP contribution in [-0.2, 0) is 19.1 Å². The summed E-state index contributed by atoms with van der Waals surface area (Å²) in [6.07, 6.45) is -0.908. The summed E-state index contributed by atoms with van der Waals surface area (Å²) in [6, 6.07) is 2.54. The number of carbonyl (C=O) groups is 2. The van der Waals surface area contributed by atoms with Gasteiger partial charge in [-0.15, -0.1) is 0 Å². The molecule has 0 saturated carbocycles. The van der Waals surface area contributed by atoms with Crippen LogP contribution in [0.4, 0.5) is 11.6 Å². The molecule has 1 aromatic heterocycles. The Hall–Kier alpha value is -2.75. The third-order valence-corrected chi connectivity index (χ3v) is 3.47. The monoisotopic (exact) mass is 353 g/mol. The van der Waals surface area contributed by atoms with Gasteiger partial charge in [0, 0.05) is 13.2 Å². The Morgan fingerprint density at radius 2 is 2.24 bits per heavy atom. The van der Waals surface area contributed by atoms with Crippen LogP contribution in [0.1, 0.15) is 20.3 Å². The molecule has 136 valence electrons. The van der Waals surface area contributed by atoms with E-state index in [9.17, 15) is 19.7 Å². The molecule has 0 saturated heterocycles. The molecule has 2 unspecified atom stereocenters. The first kappa shape index (κ1) is 18.6. The van der Waals surface area contributed by atoms with Crippen molar-refractivity contribution in [2.75, 3.05) is 25.2 Å². The lowest BCUT2D eigenvalue weighted by molar-refractivity contribution is -0.389. The van der Waals surface area contributed by atoms with E-state index in [0.29, 0.717) is 6.42 Å². The van der Waals surface area contributed by atoms with E-state index in [0.717, 1.165) is 4.90 Å². The Labute approximate surface area is 143 Å². The Morgan fingerprint density at radius 3 is 2.84 bits per heavy atom. The van der Waals surface area contributed by atoms with E-state index in [2.05, 4.69) is 4.98 Å². The number of amides is 1. The third-order valence-electron chi connectivity index (χ3n) is 3.47. The van der Waals surface area contributed by atoms with E-state index in [1.165, 1.54) is 19.2 Å². The Balaban J connectivity index is 2.28. The van der Waals surface area contributed by atoms with E-state index in [1.807, 2.05) is 0 Å². The summed E-state index contributed by atoms with van der Waals surface area (Å²) in [6.45, 7) is 3.19. The Bertz CT molecular complexity index is 679. The van der Waals surface area contributed by atoms with Gasteiger partial charge in [0.2, 0.25) is 0 Å². The van der Waals surface area contributed by atoms with Crippen molar-refractivity contribution in [2.45, 2.75) is 32.5 Å². The van der Waals surface area contributed by atoms with Crippen LogP contribution in [0.25, 0.3) is 0 Å². The number of pyridine rings is 1. The number of hydrogen-bond acceptors (Lipinski definition) is 8. The van der Waals surface area contributed by atoms with E-state index in [-0.39, 0.29) is 18.2 Å². The van der Waals surface area contributed by atoms with Crippen molar-refractivity contribution < 1.29 is 28.7 Å². The topological polar surface area (TPSA) is 121 Å². The number of anilines is 1. The second-order valence-electron chi connectivity index (χ2n) is 5.44. The van der Waals surface area contributed by atoms with Gasteiger partial charge in [-0.1, -0.05) is 6.92 Å². The highest BCUT2D eigenvalue weighted by atomic mass is 16.6. The van der Waals surface area contributed by atoms with Crippen molar-refractivity contribution in [2.24, 2.45) is 0 Å². The molecular weight excluding hydrogens is 334 g/mol. The minimum absolute atomic E-state index is 0.0692. The summed E-state index contributed by atoms with van der Waals surface area (Å²) in [5.74, 6) is -1.49. The lowest BCUT2D eigenvalue weighted by Gasteiger charge is -2.30. The van der Waals surface area contributed by atoms with Gasteiger partial charge in [-0.25, -0.2) is 0 Å². The molecule has 10 heteroatoms. The lowest BCUT2D eigenvalue weighted by atomic mass is 10.2. The molecule has 0 aromatic carbocycles. The lowest BCUT2D eigenvalue weighted by Crippen LogP contribution is -2.48. The van der Waals surface area contributed by atoms with E-state index < -0.39 is 41.4 Å². The molecule has 2 rings (SSSR count). The standard InChI is InChI=1S/C15H19N3O7/c1-4-10-15(20)17(7-13(19)24-9(2)8-23-3)14-11(25-10)5-6-12(16-14)18(21)22/h5-6,9-10H,4,7-8H2,1-3H3. The number of aromatic nitrogens is 1. The van der Waals surface area contributed by atoms with Gasteiger partial charge in [-0.3, -0.25) is 14.5 Å². The van der Waals surface area contributed by atoms with Crippen LogP contribution < -0.4 is 9.64 Å². The third kappa shape index (κ3) is 4.21. The molecule has 1 amide bonds. The van der Waals surface area contributed by atoms with Crippen molar-refractivity contribution in [3.63, 3.8) is 0 Å². The zero-order valence-electron chi connectivity index (χ0n) is 14.1. The fourth-order valence-electron chi connectivity index (χ4n) is 2.36. The molecule has 0 aliphatic carbocycles. The minimum Gasteiger partial charge on any atom is -0.474 e. The smallest absolute Gasteiger partial charge is 0.366 e. The zero-order valence-corrected chi connectivity index (χ0v) is 14.1. The fourth-order valence-corrected chi connectivity index (χ4v) is 2.36. The number of hydrogen-bond donors (Lipinski definition) is 0.